The molecule has 168 valence electrons. The molecular weight excluding hydrogens is 471 g/mol. The van der Waals surface area contributed by atoms with Crippen molar-refractivity contribution in [1.82, 2.24) is 25.0 Å². The van der Waals surface area contributed by atoms with Crippen LogP contribution in [-0.2, 0) is 18.8 Å². The first-order valence-electron chi connectivity index (χ1n) is 9.46. The van der Waals surface area contributed by atoms with Gasteiger partial charge >= 0.3 is 5.69 Å². The van der Waals surface area contributed by atoms with E-state index in [-0.39, 0.29) is 32.9 Å². The summed E-state index contributed by atoms with van der Waals surface area (Å²) >= 11 is 12.6. The predicted molar refractivity (Wildman–Crippen MR) is 112 cm³/mol. The predicted octanol–water partition coefficient (Wildman–Crippen LogP) is 3.09. The fourth-order valence-corrected chi connectivity index (χ4v) is 3.99. The second-order valence-electron chi connectivity index (χ2n) is 7.27. The molecule has 9 nitrogen and oxygen atoms in total. The zero-order chi connectivity index (χ0) is 23.2. The average molecular weight is 486 g/mol. The van der Waals surface area contributed by atoms with E-state index in [9.17, 15) is 23.2 Å². The van der Waals surface area contributed by atoms with Crippen LogP contribution in [0.2, 0.25) is 10.0 Å². The number of hydrogen-bond acceptors (Lipinski definition) is 6. The molecule has 0 aliphatic heterocycles. The molecule has 1 aliphatic carbocycles. The van der Waals surface area contributed by atoms with Gasteiger partial charge in [0.25, 0.3) is 17.0 Å². The van der Waals surface area contributed by atoms with Crippen molar-refractivity contribution in [2.45, 2.75) is 38.5 Å². The Hall–Kier alpha value is -3.05. The number of nitrogens with zero attached hydrogens (tertiary/aromatic N) is 3. The second-order valence-corrected chi connectivity index (χ2v) is 8.09. The van der Waals surface area contributed by atoms with E-state index in [1.54, 1.807) is 4.98 Å². The molecule has 1 aromatic carbocycles. The summed E-state index contributed by atoms with van der Waals surface area (Å²) < 4.78 is 33.7. The first kappa shape index (κ1) is 22.2. The maximum absolute atomic E-state index is 13.7. The van der Waals surface area contributed by atoms with Crippen LogP contribution in [0.1, 0.15) is 36.6 Å². The number of aromatic amines is 2. The van der Waals surface area contributed by atoms with Gasteiger partial charge in [-0.1, -0.05) is 23.2 Å². The lowest BCUT2D eigenvalue weighted by molar-refractivity contribution is 0.00932. The number of nitrogens with one attached hydrogen (secondary N) is 2. The molecule has 13 heteroatoms. The van der Waals surface area contributed by atoms with E-state index in [1.807, 2.05) is 0 Å². The Morgan fingerprint density at radius 2 is 1.69 bits per heavy atom. The third-order valence-electron chi connectivity index (χ3n) is 4.93. The molecule has 0 saturated carbocycles. The molecule has 0 amide bonds. The molecule has 0 spiro atoms. The Morgan fingerprint density at radius 3 is 2.31 bits per heavy atom. The topological polar surface area (TPSA) is 123 Å². The zero-order valence-corrected chi connectivity index (χ0v) is 18.0. The van der Waals surface area contributed by atoms with Crippen molar-refractivity contribution in [2.75, 3.05) is 0 Å². The fourth-order valence-electron chi connectivity index (χ4n) is 3.44. The Labute approximate surface area is 188 Å². The normalized spacial score (nSPS) is 13.7. The van der Waals surface area contributed by atoms with Crippen LogP contribution in [0, 0.1) is 0 Å². The van der Waals surface area contributed by atoms with Gasteiger partial charge in [0.2, 0.25) is 5.88 Å². The molecule has 3 aromatic rings. The first-order chi connectivity index (χ1) is 15.1. The number of aromatic nitrogens is 5. The van der Waals surface area contributed by atoms with Crippen LogP contribution >= 0.6 is 23.2 Å². The third kappa shape index (κ3) is 4.05. The van der Waals surface area contributed by atoms with Crippen LogP contribution in [-0.4, -0.2) is 25.0 Å². The van der Waals surface area contributed by atoms with Gasteiger partial charge in [-0.3, -0.25) is 14.6 Å². The van der Waals surface area contributed by atoms with Crippen LogP contribution in [0.5, 0.6) is 11.6 Å². The smallest absolute Gasteiger partial charge is 0.349 e. The number of rotatable bonds is 4. The lowest BCUT2D eigenvalue weighted by Crippen LogP contribution is -2.37. The SMILES string of the molecule is CC(F)(F)c1nn(-c2cc(Cl)c(Oc3n[nH]c(=O)c4c3CCCC4)c(Cl)c2)c(=O)[nH]c1=O. The van der Waals surface area contributed by atoms with Gasteiger partial charge in [0.05, 0.1) is 15.7 Å². The van der Waals surface area contributed by atoms with E-state index >= 15 is 0 Å². The Balaban J connectivity index is 1.78. The minimum absolute atomic E-state index is 0.0112. The lowest BCUT2D eigenvalue weighted by Gasteiger charge is -2.18. The summed E-state index contributed by atoms with van der Waals surface area (Å²) in [6.07, 6.45) is 2.92. The highest BCUT2D eigenvalue weighted by atomic mass is 35.5. The highest BCUT2D eigenvalue weighted by Crippen LogP contribution is 2.39. The van der Waals surface area contributed by atoms with Gasteiger partial charge in [0.15, 0.2) is 11.4 Å². The van der Waals surface area contributed by atoms with Crippen LogP contribution in [0.4, 0.5) is 8.78 Å². The minimum atomic E-state index is -3.59. The second kappa shape index (κ2) is 8.14. The van der Waals surface area contributed by atoms with E-state index in [1.165, 1.54) is 12.1 Å². The molecule has 0 radical (unpaired) electrons. The molecule has 32 heavy (non-hydrogen) atoms. The van der Waals surface area contributed by atoms with Gasteiger partial charge in [-0.2, -0.15) is 18.6 Å². The van der Waals surface area contributed by atoms with Gasteiger partial charge in [-0.25, -0.2) is 9.89 Å². The van der Waals surface area contributed by atoms with Crippen molar-refractivity contribution in [2.24, 2.45) is 0 Å². The summed E-state index contributed by atoms with van der Waals surface area (Å²) in [5, 5.41) is 9.65. The number of fused-ring (bicyclic) bond motifs is 1. The molecule has 0 unspecified atom stereocenters. The summed E-state index contributed by atoms with van der Waals surface area (Å²) in [5.74, 6) is -3.46. The van der Waals surface area contributed by atoms with Crippen molar-refractivity contribution >= 4 is 23.2 Å². The summed E-state index contributed by atoms with van der Waals surface area (Å²) in [6.45, 7) is 0.480. The quantitative estimate of drug-likeness (QED) is 0.585. The minimum Gasteiger partial charge on any atom is -0.434 e. The molecule has 2 aromatic heterocycles. The van der Waals surface area contributed by atoms with E-state index in [4.69, 9.17) is 27.9 Å². The van der Waals surface area contributed by atoms with E-state index in [0.717, 1.165) is 12.8 Å². The van der Waals surface area contributed by atoms with Crippen molar-refractivity contribution in [1.29, 1.82) is 0 Å². The third-order valence-corrected chi connectivity index (χ3v) is 5.49. The Bertz CT molecular complexity index is 1370. The fraction of sp³-hybridized carbons (Fsp3) is 0.316. The number of ether oxygens (including phenoxy) is 1. The highest BCUT2D eigenvalue weighted by molar-refractivity contribution is 6.37. The number of halogens is 4. The van der Waals surface area contributed by atoms with Crippen LogP contribution in [0.3, 0.4) is 0 Å². The number of H-pyrrole nitrogens is 2. The van der Waals surface area contributed by atoms with Crippen molar-refractivity contribution in [3.63, 3.8) is 0 Å². The lowest BCUT2D eigenvalue weighted by atomic mass is 9.94. The number of hydrogen-bond donors (Lipinski definition) is 2. The zero-order valence-electron chi connectivity index (χ0n) is 16.5. The van der Waals surface area contributed by atoms with Gasteiger partial charge in [0, 0.05) is 18.1 Å². The summed E-state index contributed by atoms with van der Waals surface area (Å²) in [5.41, 5.74) is -2.62. The van der Waals surface area contributed by atoms with Gasteiger partial charge in [0.1, 0.15) is 0 Å². The van der Waals surface area contributed by atoms with Gasteiger partial charge in [-0.15, -0.1) is 5.10 Å². The average Bonchev–Trinajstić information content (AvgIpc) is 2.71. The van der Waals surface area contributed by atoms with Crippen molar-refractivity contribution in [3.8, 4) is 17.3 Å². The van der Waals surface area contributed by atoms with E-state index < -0.39 is 22.9 Å². The Morgan fingerprint density at radius 1 is 1.06 bits per heavy atom. The maximum Gasteiger partial charge on any atom is 0.349 e. The van der Waals surface area contributed by atoms with Crippen molar-refractivity contribution < 1.29 is 13.5 Å². The molecule has 0 bridgehead atoms. The maximum atomic E-state index is 13.7. The highest BCUT2D eigenvalue weighted by Gasteiger charge is 2.31. The first-order valence-corrected chi connectivity index (χ1v) is 10.2. The van der Waals surface area contributed by atoms with Crippen molar-refractivity contribution in [3.05, 3.63) is 70.2 Å². The van der Waals surface area contributed by atoms with Crippen LogP contribution < -0.4 is 21.5 Å². The molecule has 1 aliphatic rings. The summed E-state index contributed by atoms with van der Waals surface area (Å²) in [7, 11) is 0. The summed E-state index contributed by atoms with van der Waals surface area (Å²) in [4.78, 5) is 37.6. The summed E-state index contributed by atoms with van der Waals surface area (Å²) in [6, 6.07) is 2.43. The molecule has 4 rings (SSSR count). The van der Waals surface area contributed by atoms with Gasteiger partial charge in [-0.05, 0) is 37.8 Å². The van der Waals surface area contributed by atoms with E-state index in [2.05, 4.69) is 15.3 Å². The largest absolute Gasteiger partial charge is 0.434 e. The molecule has 0 atom stereocenters. The van der Waals surface area contributed by atoms with Gasteiger partial charge < -0.3 is 4.74 Å². The Kier molecular flexibility index (Phi) is 5.63. The van der Waals surface area contributed by atoms with E-state index in [0.29, 0.717) is 35.6 Å². The molecule has 0 saturated heterocycles. The number of alkyl halides is 2. The molecule has 2 heterocycles. The van der Waals surface area contributed by atoms with Crippen LogP contribution in [0.25, 0.3) is 5.69 Å². The molecular formula is C19H15Cl2F2N5O4. The molecule has 0 fully saturated rings. The van der Waals surface area contributed by atoms with Crippen LogP contribution in [0.15, 0.2) is 26.5 Å². The monoisotopic (exact) mass is 485 g/mol. The standard InChI is InChI=1S/C19H15Cl2F2N5O4/c1-19(22,23)14-16(30)24-18(31)28(27-14)8-6-11(20)13(12(21)7-8)32-17-10-5-3-2-4-9(10)15(29)25-26-17/h6-7H,2-5H2,1H3,(H,25,29)(H,24,30,31). The number of benzene rings is 1. The molecule has 2 N–H and O–H groups in total.